The number of anilines is 2. The number of amides is 1. The van der Waals surface area contributed by atoms with Crippen molar-refractivity contribution in [3.05, 3.63) is 39.6 Å². The van der Waals surface area contributed by atoms with Crippen LogP contribution >= 0.6 is 11.3 Å². The van der Waals surface area contributed by atoms with Crippen LogP contribution in [0.2, 0.25) is 0 Å². The highest BCUT2D eigenvalue weighted by atomic mass is 32.1. The van der Waals surface area contributed by atoms with Crippen LogP contribution in [0.15, 0.2) is 28.3 Å². The quantitative estimate of drug-likeness (QED) is 0.390. The van der Waals surface area contributed by atoms with E-state index in [9.17, 15) is 27.6 Å². The zero-order valence-corrected chi connectivity index (χ0v) is 21.1. The van der Waals surface area contributed by atoms with Crippen LogP contribution in [0.25, 0.3) is 21.7 Å². The first-order valence-electron chi connectivity index (χ1n) is 11.4. The zero-order valence-electron chi connectivity index (χ0n) is 20.3. The largest absolute Gasteiger partial charge is 0.408 e. The summed E-state index contributed by atoms with van der Waals surface area (Å²) in [6, 6.07) is -2.50. The van der Waals surface area contributed by atoms with Gasteiger partial charge in [0.25, 0.3) is 5.56 Å². The van der Waals surface area contributed by atoms with Gasteiger partial charge in [-0.25, -0.2) is 19.7 Å². The predicted octanol–water partition coefficient (Wildman–Crippen LogP) is 1.47. The Morgan fingerprint density at radius 3 is 2.53 bits per heavy atom. The van der Waals surface area contributed by atoms with Crippen molar-refractivity contribution in [3.8, 4) is 10.6 Å². The minimum atomic E-state index is -4.37. The molecule has 38 heavy (non-hydrogen) atoms. The van der Waals surface area contributed by atoms with Crippen molar-refractivity contribution in [2.75, 3.05) is 16.8 Å². The Bertz CT molecular complexity index is 1640. The average Bonchev–Trinajstić information content (AvgIpc) is 3.65. The summed E-state index contributed by atoms with van der Waals surface area (Å²) in [6.07, 6.45) is 0.0578. The Balaban J connectivity index is 1.32. The number of carbonyl (C=O) groups is 1. The van der Waals surface area contributed by atoms with Crippen LogP contribution in [0.3, 0.4) is 0 Å². The highest BCUT2D eigenvalue weighted by Crippen LogP contribution is 2.35. The molecule has 13 nitrogen and oxygen atoms in total. The number of carbonyl (C=O) groups excluding carboxylic acids is 1. The maximum atomic E-state index is 13.3. The number of hydrogen-bond acceptors (Lipinski definition) is 10. The van der Waals surface area contributed by atoms with Crippen LogP contribution < -0.4 is 21.5 Å². The summed E-state index contributed by atoms with van der Waals surface area (Å²) in [6.45, 7) is 1.77. The molecule has 0 aromatic carbocycles. The molecule has 0 spiro atoms. The van der Waals surface area contributed by atoms with Gasteiger partial charge in [0, 0.05) is 38.6 Å². The van der Waals surface area contributed by atoms with Gasteiger partial charge in [0.1, 0.15) is 12.1 Å². The van der Waals surface area contributed by atoms with E-state index >= 15 is 0 Å². The lowest BCUT2D eigenvalue weighted by Gasteiger charge is -2.26. The smallest absolute Gasteiger partial charge is 0.329 e. The van der Waals surface area contributed by atoms with E-state index in [-0.39, 0.29) is 35.2 Å². The number of nitrogens with zero attached hydrogens (tertiary/aromatic N) is 9. The fourth-order valence-electron chi connectivity index (χ4n) is 4.31. The molecule has 5 rings (SSSR count). The van der Waals surface area contributed by atoms with Gasteiger partial charge in [-0.2, -0.15) is 13.2 Å². The van der Waals surface area contributed by atoms with Crippen molar-refractivity contribution in [1.29, 1.82) is 0 Å². The number of imidazole rings is 1. The Hall–Kier alpha value is -4.15. The Morgan fingerprint density at radius 2 is 1.84 bits per heavy atom. The number of alkyl halides is 3. The van der Waals surface area contributed by atoms with Crippen LogP contribution in [-0.4, -0.2) is 63.5 Å². The summed E-state index contributed by atoms with van der Waals surface area (Å²) in [5.41, 5.74) is -0.457. The van der Waals surface area contributed by atoms with E-state index in [1.807, 2.05) is 0 Å². The molecule has 1 aliphatic heterocycles. The van der Waals surface area contributed by atoms with Gasteiger partial charge in [0.2, 0.25) is 17.0 Å². The molecule has 0 saturated carbocycles. The minimum Gasteiger partial charge on any atom is -0.329 e. The number of nitrogens with one attached hydrogen (secondary N) is 1. The van der Waals surface area contributed by atoms with Crippen molar-refractivity contribution in [1.82, 2.24) is 38.9 Å². The number of halogens is 3. The molecular weight excluding hydrogens is 529 g/mol. The first-order valence-corrected chi connectivity index (χ1v) is 12.2. The second-order valence-corrected chi connectivity index (χ2v) is 9.75. The molecule has 5 heterocycles. The maximum absolute atomic E-state index is 13.3. The van der Waals surface area contributed by atoms with Crippen LogP contribution in [0, 0.1) is 0 Å². The summed E-state index contributed by atoms with van der Waals surface area (Å²) < 4.78 is 43.3. The lowest BCUT2D eigenvalue weighted by molar-refractivity contribution is -0.146. The molecule has 0 bridgehead atoms. The molecule has 1 fully saturated rings. The van der Waals surface area contributed by atoms with E-state index in [0.717, 1.165) is 20.8 Å². The van der Waals surface area contributed by atoms with E-state index in [1.165, 1.54) is 42.0 Å². The summed E-state index contributed by atoms with van der Waals surface area (Å²) in [5, 5.41) is 11.1. The van der Waals surface area contributed by atoms with E-state index in [4.69, 9.17) is 0 Å². The summed E-state index contributed by atoms with van der Waals surface area (Å²) in [7, 11) is 2.82. The van der Waals surface area contributed by atoms with Gasteiger partial charge in [-0.3, -0.25) is 24.0 Å². The normalized spacial score (nSPS) is 16.8. The molecule has 4 aromatic heterocycles. The van der Waals surface area contributed by atoms with Gasteiger partial charge in [-0.1, -0.05) is 11.3 Å². The number of fused-ring (bicyclic) bond motifs is 1. The van der Waals surface area contributed by atoms with Crippen LogP contribution in [0.4, 0.5) is 24.3 Å². The number of aromatic nitrogens is 8. The highest BCUT2D eigenvalue weighted by molar-refractivity contribution is 7.18. The minimum absolute atomic E-state index is 0.00590. The first-order chi connectivity index (χ1) is 18.0. The lowest BCUT2D eigenvalue weighted by Crippen LogP contribution is -2.42. The molecule has 4 aromatic rings. The van der Waals surface area contributed by atoms with E-state index in [0.29, 0.717) is 17.0 Å². The van der Waals surface area contributed by atoms with Crippen molar-refractivity contribution >= 4 is 39.5 Å². The molecule has 0 aliphatic carbocycles. The summed E-state index contributed by atoms with van der Waals surface area (Å²) in [4.78, 5) is 51.2. The lowest BCUT2D eigenvalue weighted by atomic mass is 10.2. The second-order valence-electron chi connectivity index (χ2n) is 8.77. The molecule has 1 aliphatic rings. The Kier molecular flexibility index (Phi) is 6.24. The predicted molar refractivity (Wildman–Crippen MR) is 131 cm³/mol. The summed E-state index contributed by atoms with van der Waals surface area (Å²) >= 11 is 1.02. The fourth-order valence-corrected chi connectivity index (χ4v) is 5.03. The van der Waals surface area contributed by atoms with Crippen molar-refractivity contribution in [2.45, 2.75) is 38.0 Å². The maximum Gasteiger partial charge on any atom is 0.408 e. The van der Waals surface area contributed by atoms with Gasteiger partial charge >= 0.3 is 11.9 Å². The third-order valence-electron chi connectivity index (χ3n) is 6.40. The molecule has 1 amide bonds. The van der Waals surface area contributed by atoms with Gasteiger partial charge < -0.3 is 9.47 Å². The van der Waals surface area contributed by atoms with Gasteiger partial charge in [-0.05, 0) is 19.8 Å². The SMILES string of the molecule is CC(C(=O)Nc1nnc(-c2cnc(N3CCC[C@H]3C(F)(F)F)nc2)s1)n1cnc2c1c(=O)n(C)c(=O)n2C. The van der Waals surface area contributed by atoms with Gasteiger partial charge in [-0.15, -0.1) is 10.2 Å². The molecule has 1 saturated heterocycles. The molecule has 0 radical (unpaired) electrons. The topological polar surface area (TPSA) is 146 Å². The molecule has 1 unspecified atom stereocenters. The monoisotopic (exact) mass is 550 g/mol. The Labute approximate surface area is 215 Å². The highest BCUT2D eigenvalue weighted by Gasteiger charge is 2.46. The standard InChI is InChI=1S/C21H21F3N10O3S/c1-10(34-9-27-14-13(34)17(36)32(3)20(37)31(14)2)15(35)28-19-30-29-16(38-19)11-7-25-18(26-8-11)33-6-4-5-12(33)21(22,23)24/h7-10,12H,4-6H2,1-3H3,(H,28,30,35)/t10?,12-/m0/s1. The third-order valence-corrected chi connectivity index (χ3v) is 7.29. The Morgan fingerprint density at radius 1 is 1.13 bits per heavy atom. The van der Waals surface area contributed by atoms with Crippen LogP contribution in [-0.2, 0) is 18.9 Å². The van der Waals surface area contributed by atoms with E-state index < -0.39 is 35.4 Å². The molecule has 2 atom stereocenters. The molecule has 200 valence electrons. The second kappa shape index (κ2) is 9.30. The molecular formula is C21H21F3N10O3S. The fraction of sp³-hybridized carbons (Fsp3) is 0.429. The van der Waals surface area contributed by atoms with Gasteiger partial charge in [0.05, 0.1) is 6.33 Å². The van der Waals surface area contributed by atoms with E-state index in [1.54, 1.807) is 6.92 Å². The summed E-state index contributed by atoms with van der Waals surface area (Å²) in [5.74, 6) is -0.529. The number of hydrogen-bond donors (Lipinski definition) is 1. The number of aryl methyl sites for hydroxylation is 1. The first kappa shape index (κ1) is 25.5. The third kappa shape index (κ3) is 4.31. The van der Waals surface area contributed by atoms with Gasteiger partial charge in [0.15, 0.2) is 16.2 Å². The number of rotatable bonds is 5. The van der Waals surface area contributed by atoms with Crippen molar-refractivity contribution < 1.29 is 18.0 Å². The van der Waals surface area contributed by atoms with Crippen LogP contribution in [0.1, 0.15) is 25.8 Å². The zero-order chi connectivity index (χ0) is 27.4. The molecule has 17 heteroatoms. The molecule has 1 N–H and O–H groups in total. The average molecular weight is 551 g/mol. The van der Waals surface area contributed by atoms with Crippen LogP contribution in [0.5, 0.6) is 0 Å². The van der Waals surface area contributed by atoms with E-state index in [2.05, 4.69) is 30.5 Å². The van der Waals surface area contributed by atoms with Crippen molar-refractivity contribution in [3.63, 3.8) is 0 Å². The van der Waals surface area contributed by atoms with Crippen molar-refractivity contribution in [2.24, 2.45) is 14.1 Å².